The van der Waals surface area contributed by atoms with Crippen LogP contribution in [0.5, 0.6) is 5.75 Å². The first kappa shape index (κ1) is 12.4. The third-order valence-corrected chi connectivity index (χ3v) is 2.72. The van der Waals surface area contributed by atoms with Crippen molar-refractivity contribution in [2.45, 2.75) is 13.0 Å². The standard InChI is InChI=1S/C14H15FN2O/c1-10(11-6-3-4-7-12(11)15)17-14-13(18-2)8-5-9-16-14/h3-10H,1-2H3,(H,16,17). The third kappa shape index (κ3) is 2.59. The number of nitrogens with zero attached hydrogens (tertiary/aromatic N) is 1. The maximum Gasteiger partial charge on any atom is 0.169 e. The molecule has 1 atom stereocenters. The van der Waals surface area contributed by atoms with E-state index in [4.69, 9.17) is 4.74 Å². The lowest BCUT2D eigenvalue weighted by Crippen LogP contribution is -2.10. The summed E-state index contributed by atoms with van der Waals surface area (Å²) in [5.41, 5.74) is 0.602. The fourth-order valence-electron chi connectivity index (χ4n) is 1.77. The van der Waals surface area contributed by atoms with E-state index in [1.165, 1.54) is 6.07 Å². The molecule has 0 saturated carbocycles. The van der Waals surface area contributed by atoms with Crippen molar-refractivity contribution < 1.29 is 9.13 Å². The molecule has 0 spiro atoms. The van der Waals surface area contributed by atoms with Gasteiger partial charge in [-0.25, -0.2) is 9.37 Å². The molecule has 1 N–H and O–H groups in total. The van der Waals surface area contributed by atoms with Crippen LogP contribution < -0.4 is 10.1 Å². The van der Waals surface area contributed by atoms with Gasteiger partial charge in [0.05, 0.1) is 13.2 Å². The minimum atomic E-state index is -0.229. The van der Waals surface area contributed by atoms with Crippen molar-refractivity contribution in [3.05, 3.63) is 54.0 Å². The largest absolute Gasteiger partial charge is 0.493 e. The number of benzene rings is 1. The predicted molar refractivity (Wildman–Crippen MR) is 69.2 cm³/mol. The monoisotopic (exact) mass is 246 g/mol. The second-order valence-corrected chi connectivity index (χ2v) is 3.94. The van der Waals surface area contributed by atoms with Crippen molar-refractivity contribution in [3.8, 4) is 5.75 Å². The Bertz CT molecular complexity index is 531. The summed E-state index contributed by atoms with van der Waals surface area (Å²) in [5.74, 6) is 1.02. The van der Waals surface area contributed by atoms with Crippen molar-refractivity contribution in [2.24, 2.45) is 0 Å². The molecule has 0 amide bonds. The van der Waals surface area contributed by atoms with Crippen LogP contribution in [0.25, 0.3) is 0 Å². The molecule has 0 bridgehead atoms. The van der Waals surface area contributed by atoms with E-state index >= 15 is 0 Å². The average Bonchev–Trinajstić information content (AvgIpc) is 2.39. The fraction of sp³-hybridized carbons (Fsp3) is 0.214. The third-order valence-electron chi connectivity index (χ3n) is 2.72. The van der Waals surface area contributed by atoms with E-state index in [9.17, 15) is 4.39 Å². The van der Waals surface area contributed by atoms with Crippen molar-refractivity contribution in [1.82, 2.24) is 4.98 Å². The number of hydrogen-bond acceptors (Lipinski definition) is 3. The molecular formula is C14H15FN2O. The first-order chi connectivity index (χ1) is 8.72. The van der Waals surface area contributed by atoms with Crippen LogP contribution in [-0.2, 0) is 0 Å². The van der Waals surface area contributed by atoms with Gasteiger partial charge in [-0.15, -0.1) is 0 Å². The van der Waals surface area contributed by atoms with Crippen LogP contribution in [0, 0.1) is 5.82 Å². The molecule has 1 heterocycles. The van der Waals surface area contributed by atoms with E-state index in [-0.39, 0.29) is 11.9 Å². The minimum absolute atomic E-state index is 0.185. The summed E-state index contributed by atoms with van der Waals surface area (Å²) < 4.78 is 18.8. The lowest BCUT2D eigenvalue weighted by molar-refractivity contribution is 0.414. The Kier molecular flexibility index (Phi) is 3.77. The Morgan fingerprint density at radius 1 is 1.22 bits per heavy atom. The van der Waals surface area contributed by atoms with E-state index in [0.717, 1.165) is 0 Å². The summed E-state index contributed by atoms with van der Waals surface area (Å²) in [5, 5.41) is 3.14. The van der Waals surface area contributed by atoms with Crippen LogP contribution >= 0.6 is 0 Å². The fourth-order valence-corrected chi connectivity index (χ4v) is 1.77. The molecule has 3 nitrogen and oxygen atoms in total. The van der Waals surface area contributed by atoms with Crippen molar-refractivity contribution >= 4 is 5.82 Å². The maximum atomic E-state index is 13.6. The smallest absolute Gasteiger partial charge is 0.169 e. The molecule has 94 valence electrons. The van der Waals surface area contributed by atoms with Crippen molar-refractivity contribution in [3.63, 3.8) is 0 Å². The van der Waals surface area contributed by atoms with E-state index in [0.29, 0.717) is 17.1 Å². The second-order valence-electron chi connectivity index (χ2n) is 3.94. The Morgan fingerprint density at radius 2 is 2.00 bits per heavy atom. The van der Waals surface area contributed by atoms with Crippen LogP contribution in [0.4, 0.5) is 10.2 Å². The van der Waals surface area contributed by atoms with Gasteiger partial charge in [0, 0.05) is 11.8 Å². The molecule has 0 fully saturated rings. The van der Waals surface area contributed by atoms with Crippen LogP contribution in [0.15, 0.2) is 42.6 Å². The Balaban J connectivity index is 2.21. The second kappa shape index (κ2) is 5.49. The quantitative estimate of drug-likeness (QED) is 0.897. The highest BCUT2D eigenvalue weighted by Crippen LogP contribution is 2.26. The highest BCUT2D eigenvalue weighted by molar-refractivity contribution is 5.51. The molecule has 0 saturated heterocycles. The minimum Gasteiger partial charge on any atom is -0.493 e. The normalized spacial score (nSPS) is 11.9. The van der Waals surface area contributed by atoms with Gasteiger partial charge in [0.25, 0.3) is 0 Å². The van der Waals surface area contributed by atoms with Gasteiger partial charge in [-0.05, 0) is 25.1 Å². The summed E-state index contributed by atoms with van der Waals surface area (Å²) >= 11 is 0. The van der Waals surface area contributed by atoms with Gasteiger partial charge in [-0.3, -0.25) is 0 Å². The number of pyridine rings is 1. The van der Waals surface area contributed by atoms with Crippen LogP contribution in [-0.4, -0.2) is 12.1 Å². The zero-order valence-electron chi connectivity index (χ0n) is 10.4. The summed E-state index contributed by atoms with van der Waals surface area (Å²) in [6.07, 6.45) is 1.67. The molecule has 0 aliphatic carbocycles. The topological polar surface area (TPSA) is 34.1 Å². The van der Waals surface area contributed by atoms with Crippen LogP contribution in [0.1, 0.15) is 18.5 Å². The first-order valence-electron chi connectivity index (χ1n) is 5.72. The lowest BCUT2D eigenvalue weighted by atomic mass is 10.1. The summed E-state index contributed by atoms with van der Waals surface area (Å²) in [7, 11) is 1.58. The summed E-state index contributed by atoms with van der Waals surface area (Å²) in [6.45, 7) is 1.88. The number of ether oxygens (including phenoxy) is 1. The molecule has 0 aliphatic heterocycles. The zero-order valence-corrected chi connectivity index (χ0v) is 10.4. The zero-order chi connectivity index (χ0) is 13.0. The summed E-state index contributed by atoms with van der Waals surface area (Å²) in [6, 6.07) is 10.1. The van der Waals surface area contributed by atoms with Gasteiger partial charge in [-0.1, -0.05) is 18.2 Å². The van der Waals surface area contributed by atoms with Crippen molar-refractivity contribution in [1.29, 1.82) is 0 Å². The van der Waals surface area contributed by atoms with Crippen LogP contribution in [0.3, 0.4) is 0 Å². The molecule has 0 radical (unpaired) electrons. The average molecular weight is 246 g/mol. The van der Waals surface area contributed by atoms with Gasteiger partial charge in [0.1, 0.15) is 5.82 Å². The Morgan fingerprint density at radius 3 is 2.72 bits per heavy atom. The van der Waals surface area contributed by atoms with Gasteiger partial charge < -0.3 is 10.1 Å². The molecule has 2 rings (SSSR count). The SMILES string of the molecule is COc1cccnc1NC(C)c1ccccc1F. The number of nitrogens with one attached hydrogen (secondary N) is 1. The van der Waals surface area contributed by atoms with Crippen LogP contribution in [0.2, 0.25) is 0 Å². The van der Waals surface area contributed by atoms with E-state index in [1.807, 2.05) is 19.1 Å². The maximum absolute atomic E-state index is 13.6. The highest BCUT2D eigenvalue weighted by atomic mass is 19.1. The lowest BCUT2D eigenvalue weighted by Gasteiger charge is -2.17. The Labute approximate surface area is 106 Å². The number of anilines is 1. The number of methoxy groups -OCH3 is 1. The molecule has 0 aliphatic rings. The number of halogens is 1. The summed E-state index contributed by atoms with van der Waals surface area (Å²) in [4.78, 5) is 4.19. The molecule has 2 aromatic rings. The molecule has 18 heavy (non-hydrogen) atoms. The van der Waals surface area contributed by atoms with E-state index in [2.05, 4.69) is 10.3 Å². The van der Waals surface area contributed by atoms with Gasteiger partial charge in [0.15, 0.2) is 11.6 Å². The van der Waals surface area contributed by atoms with E-state index < -0.39 is 0 Å². The Hall–Kier alpha value is -2.10. The van der Waals surface area contributed by atoms with Gasteiger partial charge in [0.2, 0.25) is 0 Å². The molecule has 1 aromatic heterocycles. The number of aromatic nitrogens is 1. The number of hydrogen-bond donors (Lipinski definition) is 1. The molecule has 4 heteroatoms. The van der Waals surface area contributed by atoms with E-state index in [1.54, 1.807) is 31.5 Å². The number of rotatable bonds is 4. The van der Waals surface area contributed by atoms with Gasteiger partial charge in [-0.2, -0.15) is 0 Å². The highest BCUT2D eigenvalue weighted by Gasteiger charge is 2.12. The molecule has 1 unspecified atom stereocenters. The molecular weight excluding hydrogens is 231 g/mol. The molecule has 1 aromatic carbocycles. The van der Waals surface area contributed by atoms with Gasteiger partial charge >= 0.3 is 0 Å². The first-order valence-corrected chi connectivity index (χ1v) is 5.72. The van der Waals surface area contributed by atoms with Crippen molar-refractivity contribution in [2.75, 3.05) is 12.4 Å². The predicted octanol–water partition coefficient (Wildman–Crippen LogP) is 3.40.